The Hall–Kier alpha value is -1.68. The summed E-state index contributed by atoms with van der Waals surface area (Å²) in [5, 5.41) is 13.1. The average Bonchev–Trinajstić information content (AvgIpc) is 3.29. The molecule has 3 aromatic carbocycles. The third kappa shape index (κ3) is 6.26. The molecule has 0 spiro atoms. The summed E-state index contributed by atoms with van der Waals surface area (Å²) in [4.78, 5) is 4.56. The number of benzene rings is 3. The largest absolute Gasteiger partial charge is 1.00 e. The van der Waals surface area contributed by atoms with Gasteiger partial charge < -0.3 is 14.5 Å². The summed E-state index contributed by atoms with van der Waals surface area (Å²) in [5.41, 5.74) is 1.97. The number of hydrogen-bond donors (Lipinski definition) is 0. The van der Waals surface area contributed by atoms with Crippen LogP contribution in [0.1, 0.15) is 5.56 Å². The van der Waals surface area contributed by atoms with E-state index in [0.29, 0.717) is 16.5 Å². The molecule has 0 saturated carbocycles. The van der Waals surface area contributed by atoms with Crippen LogP contribution in [0.3, 0.4) is 0 Å². The van der Waals surface area contributed by atoms with Crippen LogP contribution in [-0.2, 0) is 15.8 Å². The molecular weight excluding hydrogens is 507 g/mol. The summed E-state index contributed by atoms with van der Waals surface area (Å²) in [6, 6.07) is 21.6. The van der Waals surface area contributed by atoms with Gasteiger partial charge in [-0.2, -0.15) is 4.98 Å². The van der Waals surface area contributed by atoms with E-state index in [1.807, 2.05) is 60.7 Å². The molecule has 0 bridgehead atoms. The van der Waals surface area contributed by atoms with E-state index in [9.17, 15) is 8.42 Å². The second-order valence-corrected chi connectivity index (χ2v) is 9.51. The maximum atomic E-state index is 12.7. The smallest absolute Gasteiger partial charge is 0.493 e. The van der Waals surface area contributed by atoms with Crippen LogP contribution in [-0.4, -0.2) is 18.6 Å². The Labute approximate surface area is 243 Å². The SMILES string of the molecule is N#C[N-]S(=O)(=O)c1cc(-c2nc(-c3ccccc3)no2)c(Cl)cc1SCc1ccccc1.[K+]. The van der Waals surface area contributed by atoms with Gasteiger partial charge in [0.15, 0.2) is 0 Å². The fraction of sp³-hybridized carbons (Fsp3) is 0.0455. The topological polar surface area (TPSA) is 111 Å². The fourth-order valence-electron chi connectivity index (χ4n) is 2.89. The van der Waals surface area contributed by atoms with E-state index in [4.69, 9.17) is 21.4 Å². The first-order chi connectivity index (χ1) is 15.5. The van der Waals surface area contributed by atoms with Crippen molar-refractivity contribution in [2.45, 2.75) is 15.5 Å². The van der Waals surface area contributed by atoms with Gasteiger partial charge in [0, 0.05) is 16.2 Å². The Morgan fingerprint density at radius 1 is 1.06 bits per heavy atom. The van der Waals surface area contributed by atoms with Gasteiger partial charge in [-0.1, -0.05) is 83.6 Å². The minimum absolute atomic E-state index is 0. The Kier molecular flexibility index (Phi) is 9.14. The molecule has 33 heavy (non-hydrogen) atoms. The molecule has 0 aliphatic heterocycles. The van der Waals surface area contributed by atoms with E-state index in [-0.39, 0.29) is 72.8 Å². The molecule has 0 radical (unpaired) electrons. The second kappa shape index (κ2) is 11.6. The van der Waals surface area contributed by atoms with Crippen LogP contribution in [0.2, 0.25) is 5.02 Å². The summed E-state index contributed by atoms with van der Waals surface area (Å²) in [5.74, 6) is 0.900. The summed E-state index contributed by atoms with van der Waals surface area (Å²) >= 11 is 7.74. The molecule has 4 aromatic rings. The number of nitriles is 1. The first kappa shape index (κ1) is 25.9. The summed E-state index contributed by atoms with van der Waals surface area (Å²) in [7, 11) is -4.24. The van der Waals surface area contributed by atoms with Gasteiger partial charge in [0.25, 0.3) is 5.89 Å². The van der Waals surface area contributed by atoms with Crippen LogP contribution in [0.4, 0.5) is 0 Å². The molecular formula is C22H14ClKN4O3S2. The monoisotopic (exact) mass is 520 g/mol. The fourth-order valence-corrected chi connectivity index (χ4v) is 5.39. The maximum absolute atomic E-state index is 12.7. The third-order valence-corrected chi connectivity index (χ3v) is 7.18. The normalized spacial score (nSPS) is 10.8. The van der Waals surface area contributed by atoms with Crippen molar-refractivity contribution in [3.05, 3.63) is 88.1 Å². The number of halogens is 1. The van der Waals surface area contributed by atoms with E-state index >= 15 is 0 Å². The zero-order valence-corrected chi connectivity index (χ0v) is 22.9. The van der Waals surface area contributed by atoms with Crippen molar-refractivity contribution in [2.24, 2.45) is 0 Å². The van der Waals surface area contributed by atoms with Gasteiger partial charge in [0.2, 0.25) is 15.8 Å². The van der Waals surface area contributed by atoms with Crippen LogP contribution in [0, 0.1) is 11.5 Å². The maximum Gasteiger partial charge on any atom is 1.00 e. The van der Waals surface area contributed by atoms with Gasteiger partial charge in [-0.15, -0.1) is 11.8 Å². The van der Waals surface area contributed by atoms with Crippen LogP contribution in [0.15, 0.2) is 87.1 Å². The number of thioether (sulfide) groups is 1. The van der Waals surface area contributed by atoms with E-state index in [1.165, 1.54) is 30.1 Å². The average molecular weight is 521 g/mol. The minimum atomic E-state index is -4.24. The molecule has 1 aromatic heterocycles. The van der Waals surface area contributed by atoms with E-state index in [2.05, 4.69) is 14.9 Å². The predicted octanol–water partition coefficient (Wildman–Crippen LogP) is 2.90. The molecule has 0 atom stereocenters. The van der Waals surface area contributed by atoms with Gasteiger partial charge in [-0.25, -0.2) is 8.42 Å². The predicted molar refractivity (Wildman–Crippen MR) is 122 cm³/mol. The molecule has 11 heteroatoms. The Morgan fingerprint density at radius 2 is 1.73 bits per heavy atom. The van der Waals surface area contributed by atoms with E-state index in [0.717, 1.165) is 11.1 Å². The molecule has 0 aliphatic rings. The molecule has 1 heterocycles. The van der Waals surface area contributed by atoms with Crippen molar-refractivity contribution in [1.29, 1.82) is 5.26 Å². The number of hydrogen-bond acceptors (Lipinski definition) is 7. The molecule has 0 saturated heterocycles. The quantitative estimate of drug-likeness (QED) is 0.209. The molecule has 7 nitrogen and oxygen atoms in total. The minimum Gasteiger partial charge on any atom is -0.493 e. The molecule has 0 amide bonds. The standard InChI is InChI=1S/C22H14ClN4O3S2.K/c23-18-12-19(31-13-15-7-3-1-4-8-15)20(32(28,29)25-14-24)11-17(18)22-26-21(27-30-22)16-9-5-2-6-10-16;/h1-12H,13H2;/q-1;+1. The molecule has 160 valence electrons. The van der Waals surface area contributed by atoms with Gasteiger partial charge in [0.1, 0.15) is 0 Å². The third-order valence-electron chi connectivity index (χ3n) is 4.40. The van der Waals surface area contributed by atoms with Crippen LogP contribution in [0.5, 0.6) is 0 Å². The van der Waals surface area contributed by atoms with Crippen molar-refractivity contribution < 1.29 is 64.3 Å². The van der Waals surface area contributed by atoms with E-state index < -0.39 is 10.0 Å². The molecule has 0 N–H and O–H groups in total. The summed E-state index contributed by atoms with van der Waals surface area (Å²) in [6.07, 6.45) is 1.35. The van der Waals surface area contributed by atoms with Crippen molar-refractivity contribution in [3.8, 4) is 29.0 Å². The van der Waals surface area contributed by atoms with Crippen LogP contribution < -0.4 is 51.4 Å². The molecule has 4 rings (SSSR count). The first-order valence-corrected chi connectivity index (χ1v) is 12.0. The first-order valence-electron chi connectivity index (χ1n) is 9.24. The number of nitrogens with zero attached hydrogens (tertiary/aromatic N) is 4. The Balaban J connectivity index is 0.00000306. The Morgan fingerprint density at radius 3 is 2.39 bits per heavy atom. The van der Waals surface area contributed by atoms with Crippen LogP contribution in [0.25, 0.3) is 27.6 Å². The number of sulfonamides is 1. The van der Waals surface area contributed by atoms with Crippen molar-refractivity contribution in [1.82, 2.24) is 10.1 Å². The molecule has 0 unspecified atom stereocenters. The van der Waals surface area contributed by atoms with Gasteiger partial charge in [-0.05, 0) is 17.7 Å². The zero-order valence-electron chi connectivity index (χ0n) is 17.3. The van der Waals surface area contributed by atoms with Crippen LogP contribution >= 0.6 is 23.4 Å². The Bertz CT molecular complexity index is 1390. The van der Waals surface area contributed by atoms with Crippen molar-refractivity contribution in [2.75, 3.05) is 0 Å². The van der Waals surface area contributed by atoms with Gasteiger partial charge >= 0.3 is 51.4 Å². The summed E-state index contributed by atoms with van der Waals surface area (Å²) in [6.45, 7) is 0. The number of rotatable bonds is 7. The van der Waals surface area contributed by atoms with Crippen molar-refractivity contribution in [3.63, 3.8) is 0 Å². The number of aromatic nitrogens is 2. The molecule has 0 aliphatic carbocycles. The van der Waals surface area contributed by atoms with E-state index in [1.54, 1.807) is 0 Å². The van der Waals surface area contributed by atoms with Gasteiger partial charge in [0.05, 0.1) is 15.5 Å². The summed E-state index contributed by atoms with van der Waals surface area (Å²) < 4.78 is 33.8. The van der Waals surface area contributed by atoms with Crippen molar-refractivity contribution >= 4 is 33.4 Å². The second-order valence-electron chi connectivity index (χ2n) is 6.51. The van der Waals surface area contributed by atoms with Gasteiger partial charge in [-0.3, -0.25) is 0 Å². The molecule has 0 fully saturated rings. The zero-order chi connectivity index (χ0) is 22.6.